The Balaban J connectivity index is 1.52. The monoisotopic (exact) mass is 467 g/mol. The molecule has 3 saturated heterocycles. The summed E-state index contributed by atoms with van der Waals surface area (Å²) in [6, 6.07) is 4.62. The summed E-state index contributed by atoms with van der Waals surface area (Å²) in [7, 11) is 0. The van der Waals surface area contributed by atoms with E-state index >= 15 is 0 Å². The number of likely N-dealkylation sites (tertiary alicyclic amines) is 1. The molecule has 0 spiro atoms. The summed E-state index contributed by atoms with van der Waals surface area (Å²) in [4.78, 5) is 40.5. The fourth-order valence-electron chi connectivity index (χ4n) is 5.24. The summed E-state index contributed by atoms with van der Waals surface area (Å²) in [5.41, 5.74) is -1.40. The summed E-state index contributed by atoms with van der Waals surface area (Å²) in [5.74, 6) is -2.83. The van der Waals surface area contributed by atoms with Crippen LogP contribution in [0.4, 0.5) is 18.9 Å². The lowest BCUT2D eigenvalue weighted by Crippen LogP contribution is -2.75. The van der Waals surface area contributed by atoms with Gasteiger partial charge in [0.1, 0.15) is 6.29 Å². The van der Waals surface area contributed by atoms with Gasteiger partial charge in [-0.25, -0.2) is 0 Å². The molecule has 1 aromatic carbocycles. The van der Waals surface area contributed by atoms with Gasteiger partial charge in [-0.3, -0.25) is 24.6 Å². The van der Waals surface area contributed by atoms with E-state index in [2.05, 4.69) is 40.0 Å². The summed E-state index contributed by atoms with van der Waals surface area (Å²) >= 11 is 0. The number of para-hydroxylation sites is 1. The molecule has 3 amide bonds. The SMILES string of the molecule is CC1CC(C)CN(C2NC(=O)C3C(NC(=O)CC3C(=O)Nc3ccccc3C(F)(F)F)N2)C1. The molecule has 11 heteroatoms. The quantitative estimate of drug-likeness (QED) is 0.542. The maximum atomic E-state index is 13.3. The summed E-state index contributed by atoms with van der Waals surface area (Å²) in [5, 5.41) is 11.1. The molecule has 33 heavy (non-hydrogen) atoms. The summed E-state index contributed by atoms with van der Waals surface area (Å²) in [6.07, 6.45) is -5.17. The first-order valence-corrected chi connectivity index (χ1v) is 11.1. The molecule has 0 bridgehead atoms. The number of rotatable bonds is 3. The number of hydrogen-bond donors (Lipinski definition) is 4. The first-order chi connectivity index (χ1) is 15.5. The summed E-state index contributed by atoms with van der Waals surface area (Å²) < 4.78 is 39.9. The molecule has 1 aromatic rings. The molecule has 6 unspecified atom stereocenters. The zero-order chi connectivity index (χ0) is 23.9. The molecular formula is C22H28F3N5O3. The normalized spacial score (nSPS) is 33.0. The lowest BCUT2D eigenvalue weighted by Gasteiger charge is -2.48. The number of fused-ring (bicyclic) bond motifs is 1. The van der Waals surface area contributed by atoms with Gasteiger partial charge in [0.2, 0.25) is 17.7 Å². The van der Waals surface area contributed by atoms with E-state index in [0.717, 1.165) is 31.6 Å². The number of halogens is 3. The molecule has 4 rings (SSSR count). The van der Waals surface area contributed by atoms with Crippen LogP contribution < -0.4 is 21.3 Å². The van der Waals surface area contributed by atoms with Crippen LogP contribution in [-0.4, -0.2) is 48.2 Å². The third kappa shape index (κ3) is 4.98. The average molecular weight is 467 g/mol. The molecule has 0 radical (unpaired) electrons. The van der Waals surface area contributed by atoms with Crippen molar-refractivity contribution < 1.29 is 27.6 Å². The van der Waals surface area contributed by atoms with Crippen molar-refractivity contribution in [2.24, 2.45) is 23.7 Å². The highest BCUT2D eigenvalue weighted by atomic mass is 19.4. The van der Waals surface area contributed by atoms with Crippen molar-refractivity contribution in [3.8, 4) is 0 Å². The predicted octanol–water partition coefficient (Wildman–Crippen LogP) is 1.70. The van der Waals surface area contributed by atoms with Crippen LogP contribution in [0.1, 0.15) is 32.3 Å². The molecule has 0 aromatic heterocycles. The van der Waals surface area contributed by atoms with Crippen LogP contribution >= 0.6 is 0 Å². The van der Waals surface area contributed by atoms with E-state index < -0.39 is 59.4 Å². The number of hydrogen-bond acceptors (Lipinski definition) is 5. The Hall–Kier alpha value is -2.66. The Morgan fingerprint density at radius 3 is 2.42 bits per heavy atom. The van der Waals surface area contributed by atoms with Crippen molar-refractivity contribution in [2.75, 3.05) is 18.4 Å². The molecule has 3 heterocycles. The highest BCUT2D eigenvalue weighted by Crippen LogP contribution is 2.36. The molecule has 6 atom stereocenters. The lowest BCUT2D eigenvalue weighted by molar-refractivity contribution is -0.148. The number of amides is 3. The fraction of sp³-hybridized carbons (Fsp3) is 0.591. The predicted molar refractivity (Wildman–Crippen MR) is 113 cm³/mol. The van der Waals surface area contributed by atoms with E-state index in [1.54, 1.807) is 0 Å². The minimum absolute atomic E-state index is 0.293. The van der Waals surface area contributed by atoms with E-state index in [1.165, 1.54) is 12.1 Å². The lowest BCUT2D eigenvalue weighted by atomic mass is 9.80. The van der Waals surface area contributed by atoms with Gasteiger partial charge >= 0.3 is 6.18 Å². The van der Waals surface area contributed by atoms with Crippen molar-refractivity contribution in [3.05, 3.63) is 29.8 Å². The molecule has 3 aliphatic heterocycles. The summed E-state index contributed by atoms with van der Waals surface area (Å²) in [6.45, 7) is 5.81. The zero-order valence-corrected chi connectivity index (χ0v) is 18.4. The van der Waals surface area contributed by atoms with Gasteiger partial charge in [0.05, 0.1) is 29.3 Å². The first kappa shape index (κ1) is 23.5. The van der Waals surface area contributed by atoms with Crippen LogP contribution in [0.5, 0.6) is 0 Å². The van der Waals surface area contributed by atoms with Crippen molar-refractivity contribution in [1.82, 2.24) is 20.9 Å². The number of alkyl halides is 3. The van der Waals surface area contributed by atoms with Crippen LogP contribution in [0.25, 0.3) is 0 Å². The molecule has 8 nitrogen and oxygen atoms in total. The molecule has 0 saturated carbocycles. The number of anilines is 1. The van der Waals surface area contributed by atoms with E-state index in [-0.39, 0.29) is 6.42 Å². The van der Waals surface area contributed by atoms with Crippen LogP contribution in [0.15, 0.2) is 24.3 Å². The maximum Gasteiger partial charge on any atom is 0.418 e. The topological polar surface area (TPSA) is 103 Å². The van der Waals surface area contributed by atoms with Gasteiger partial charge in [0.25, 0.3) is 0 Å². The zero-order valence-electron chi connectivity index (χ0n) is 18.4. The molecule has 180 valence electrons. The molecule has 4 N–H and O–H groups in total. The van der Waals surface area contributed by atoms with E-state index in [4.69, 9.17) is 0 Å². The fourth-order valence-corrected chi connectivity index (χ4v) is 5.24. The second-order valence-electron chi connectivity index (χ2n) is 9.39. The van der Waals surface area contributed by atoms with Gasteiger partial charge < -0.3 is 16.0 Å². The third-order valence-corrected chi connectivity index (χ3v) is 6.52. The molecule has 3 aliphatic rings. The van der Waals surface area contributed by atoms with Crippen LogP contribution in [0.3, 0.4) is 0 Å². The highest BCUT2D eigenvalue weighted by Gasteiger charge is 2.50. The van der Waals surface area contributed by atoms with E-state index in [0.29, 0.717) is 11.8 Å². The standard InChI is InChI=1S/C22H28F3N5O3/c1-11-7-12(2)10-30(9-11)21-28-18-17(20(33)29-21)13(8-16(31)27-18)19(32)26-15-6-4-3-5-14(15)22(23,24)25/h3-6,11-13,17-18,21,28H,7-10H2,1-2H3,(H,26,32)(H,27,31)(H,29,33). The van der Waals surface area contributed by atoms with Gasteiger partial charge in [-0.1, -0.05) is 26.0 Å². The molecule has 0 aliphatic carbocycles. The molecular weight excluding hydrogens is 439 g/mol. The Morgan fingerprint density at radius 1 is 1.09 bits per heavy atom. The van der Waals surface area contributed by atoms with Crippen LogP contribution in [-0.2, 0) is 20.6 Å². The smallest absolute Gasteiger partial charge is 0.340 e. The van der Waals surface area contributed by atoms with Gasteiger partial charge in [-0.05, 0) is 30.4 Å². The number of benzene rings is 1. The maximum absolute atomic E-state index is 13.3. The van der Waals surface area contributed by atoms with Gasteiger partial charge in [0, 0.05) is 19.5 Å². The van der Waals surface area contributed by atoms with Crippen molar-refractivity contribution in [3.63, 3.8) is 0 Å². The number of carbonyl (C=O) groups excluding carboxylic acids is 3. The highest BCUT2D eigenvalue weighted by molar-refractivity contribution is 6.00. The van der Waals surface area contributed by atoms with Crippen molar-refractivity contribution in [2.45, 2.75) is 45.3 Å². The minimum Gasteiger partial charge on any atom is -0.340 e. The number of nitrogens with zero attached hydrogens (tertiary/aromatic N) is 1. The number of nitrogens with one attached hydrogen (secondary N) is 4. The van der Waals surface area contributed by atoms with E-state index in [1.807, 2.05) is 0 Å². The van der Waals surface area contributed by atoms with Crippen molar-refractivity contribution >= 4 is 23.4 Å². The number of piperidine rings is 2. The Kier molecular flexibility index (Phi) is 6.37. The second kappa shape index (κ2) is 8.94. The van der Waals surface area contributed by atoms with Crippen molar-refractivity contribution in [1.29, 1.82) is 0 Å². The Labute approximate surface area is 189 Å². The average Bonchev–Trinajstić information content (AvgIpc) is 2.71. The second-order valence-corrected chi connectivity index (χ2v) is 9.39. The Morgan fingerprint density at radius 2 is 1.76 bits per heavy atom. The largest absolute Gasteiger partial charge is 0.418 e. The van der Waals surface area contributed by atoms with Crippen LogP contribution in [0.2, 0.25) is 0 Å². The van der Waals surface area contributed by atoms with E-state index in [9.17, 15) is 27.6 Å². The minimum atomic E-state index is -4.66. The first-order valence-electron chi connectivity index (χ1n) is 11.1. The third-order valence-electron chi connectivity index (χ3n) is 6.52. The van der Waals surface area contributed by atoms with Gasteiger partial charge in [-0.2, -0.15) is 13.2 Å². The van der Waals surface area contributed by atoms with Crippen LogP contribution in [0, 0.1) is 23.7 Å². The molecule has 3 fully saturated rings. The van der Waals surface area contributed by atoms with Gasteiger partial charge in [0.15, 0.2) is 0 Å². The number of carbonyl (C=O) groups is 3. The van der Waals surface area contributed by atoms with Gasteiger partial charge in [-0.15, -0.1) is 0 Å². The Bertz CT molecular complexity index is 930.